The Bertz CT molecular complexity index is 305. The standard InChI is InChI=1S/C15H25BrSi/c1-13(2)17(14(3)4,15(5)6)12-10-8-7-9-11-16/h7-9,11,13-15H,1-6H3/b8-7-,11-9-. The van der Waals surface area contributed by atoms with E-state index >= 15 is 0 Å². The molecule has 2 heteroatoms. The van der Waals surface area contributed by atoms with E-state index in [1.165, 1.54) is 0 Å². The zero-order valence-corrected chi connectivity index (χ0v) is 14.5. The van der Waals surface area contributed by atoms with Gasteiger partial charge in [0.15, 0.2) is 0 Å². The van der Waals surface area contributed by atoms with E-state index < -0.39 is 8.07 Å². The Labute approximate surface area is 117 Å². The Morgan fingerprint density at radius 1 is 0.882 bits per heavy atom. The minimum absolute atomic E-state index is 0.704. The van der Waals surface area contributed by atoms with Gasteiger partial charge in [0, 0.05) is 0 Å². The Morgan fingerprint density at radius 3 is 1.71 bits per heavy atom. The molecular formula is C15H25BrSi. The van der Waals surface area contributed by atoms with E-state index in [9.17, 15) is 0 Å². The van der Waals surface area contributed by atoms with E-state index in [0.717, 1.165) is 0 Å². The molecule has 0 spiro atoms. The number of rotatable bonds is 4. The van der Waals surface area contributed by atoms with Gasteiger partial charge in [0.25, 0.3) is 0 Å². The molecule has 0 aliphatic carbocycles. The molecule has 17 heavy (non-hydrogen) atoms. The van der Waals surface area contributed by atoms with Crippen LogP contribution in [0.1, 0.15) is 41.5 Å². The van der Waals surface area contributed by atoms with Crippen LogP contribution in [0.25, 0.3) is 0 Å². The summed E-state index contributed by atoms with van der Waals surface area (Å²) in [5, 5.41) is 0. The number of halogens is 1. The quantitative estimate of drug-likeness (QED) is 0.356. The Kier molecular flexibility index (Phi) is 7.82. The summed E-state index contributed by atoms with van der Waals surface area (Å²) in [6.45, 7) is 14.0. The van der Waals surface area contributed by atoms with Crippen molar-refractivity contribution >= 4 is 24.0 Å². The first-order valence-corrected chi connectivity index (χ1v) is 9.48. The van der Waals surface area contributed by atoms with Crippen LogP contribution in [0.15, 0.2) is 23.2 Å². The molecule has 0 N–H and O–H groups in total. The highest BCUT2D eigenvalue weighted by molar-refractivity contribution is 9.11. The highest BCUT2D eigenvalue weighted by atomic mass is 79.9. The van der Waals surface area contributed by atoms with Crippen LogP contribution < -0.4 is 0 Å². The zero-order valence-electron chi connectivity index (χ0n) is 11.9. The van der Waals surface area contributed by atoms with Gasteiger partial charge in [-0.2, -0.15) is 0 Å². The van der Waals surface area contributed by atoms with Gasteiger partial charge in [-0.05, 0) is 27.7 Å². The van der Waals surface area contributed by atoms with Crippen molar-refractivity contribution in [2.75, 3.05) is 0 Å². The summed E-state index contributed by atoms with van der Waals surface area (Å²) in [5.74, 6) is 3.26. The van der Waals surface area contributed by atoms with E-state index in [4.69, 9.17) is 0 Å². The van der Waals surface area contributed by atoms with Gasteiger partial charge < -0.3 is 0 Å². The van der Waals surface area contributed by atoms with E-state index in [2.05, 4.69) is 68.9 Å². The van der Waals surface area contributed by atoms with Crippen molar-refractivity contribution in [3.8, 4) is 11.5 Å². The van der Waals surface area contributed by atoms with Crippen molar-refractivity contribution in [3.63, 3.8) is 0 Å². The minimum atomic E-state index is -1.54. The van der Waals surface area contributed by atoms with Crippen molar-refractivity contribution in [1.82, 2.24) is 0 Å². The summed E-state index contributed by atoms with van der Waals surface area (Å²) in [7, 11) is -1.54. The van der Waals surface area contributed by atoms with Gasteiger partial charge in [-0.3, -0.25) is 0 Å². The Morgan fingerprint density at radius 2 is 1.35 bits per heavy atom. The van der Waals surface area contributed by atoms with Crippen molar-refractivity contribution in [3.05, 3.63) is 23.2 Å². The lowest BCUT2D eigenvalue weighted by atomic mass is 10.5. The predicted octanol–water partition coefficient (Wildman–Crippen LogP) is 5.67. The third kappa shape index (κ3) is 4.48. The van der Waals surface area contributed by atoms with Crippen LogP contribution in [0.2, 0.25) is 16.6 Å². The molecule has 0 heterocycles. The largest absolute Gasteiger partial charge is 0.146 e. The van der Waals surface area contributed by atoms with Crippen LogP contribution in [0.4, 0.5) is 0 Å². The Balaban J connectivity index is 5.19. The van der Waals surface area contributed by atoms with Crippen molar-refractivity contribution < 1.29 is 0 Å². The zero-order chi connectivity index (χ0) is 13.5. The number of allylic oxidation sites excluding steroid dienone is 3. The SMILES string of the molecule is CC(C)[Si](C#C/C=C\C=C/Br)(C(C)C)C(C)C. The molecule has 96 valence electrons. The maximum Gasteiger partial charge on any atom is 0.146 e. The molecule has 0 aromatic rings. The van der Waals surface area contributed by atoms with Crippen LogP contribution in [-0.2, 0) is 0 Å². The molecule has 0 nitrogen and oxygen atoms in total. The summed E-state index contributed by atoms with van der Waals surface area (Å²) in [4.78, 5) is 1.84. The highest BCUT2D eigenvalue weighted by Gasteiger charge is 2.41. The molecule has 0 atom stereocenters. The van der Waals surface area contributed by atoms with Gasteiger partial charge in [-0.25, -0.2) is 0 Å². The fourth-order valence-corrected chi connectivity index (χ4v) is 8.12. The second-order valence-corrected chi connectivity index (χ2v) is 11.5. The van der Waals surface area contributed by atoms with Crippen molar-refractivity contribution in [1.29, 1.82) is 0 Å². The first-order chi connectivity index (χ1) is 7.89. The third-order valence-electron chi connectivity index (χ3n) is 3.52. The molecular weight excluding hydrogens is 288 g/mol. The van der Waals surface area contributed by atoms with Gasteiger partial charge in [0.1, 0.15) is 8.07 Å². The molecule has 0 aromatic heterocycles. The van der Waals surface area contributed by atoms with Crippen LogP contribution >= 0.6 is 15.9 Å². The van der Waals surface area contributed by atoms with Gasteiger partial charge in [0.2, 0.25) is 0 Å². The van der Waals surface area contributed by atoms with Crippen LogP contribution in [-0.4, -0.2) is 8.07 Å². The fraction of sp³-hybridized carbons (Fsp3) is 0.600. The summed E-state index contributed by atoms with van der Waals surface area (Å²) >= 11 is 3.24. The average Bonchev–Trinajstić information content (AvgIpc) is 2.21. The van der Waals surface area contributed by atoms with E-state index in [1.807, 2.05) is 23.2 Å². The second-order valence-electron chi connectivity index (χ2n) is 5.34. The van der Waals surface area contributed by atoms with Gasteiger partial charge >= 0.3 is 0 Å². The van der Waals surface area contributed by atoms with Crippen molar-refractivity contribution in [2.45, 2.75) is 58.2 Å². The topological polar surface area (TPSA) is 0 Å². The molecule has 0 unspecified atom stereocenters. The molecule has 0 aliphatic rings. The normalized spacial score (nSPS) is 13.1. The molecule has 0 amide bonds. The molecule has 0 rings (SSSR count). The van der Waals surface area contributed by atoms with Gasteiger partial charge in [-0.15, -0.1) is 5.54 Å². The summed E-state index contributed by atoms with van der Waals surface area (Å²) in [5.41, 5.74) is 5.75. The molecule has 0 fully saturated rings. The van der Waals surface area contributed by atoms with Crippen LogP contribution in [0, 0.1) is 11.5 Å². The summed E-state index contributed by atoms with van der Waals surface area (Å²) in [6.07, 6.45) is 5.87. The van der Waals surface area contributed by atoms with Gasteiger partial charge in [0.05, 0.1) is 0 Å². The first-order valence-electron chi connectivity index (χ1n) is 6.34. The minimum Gasteiger partial charge on any atom is -0.126 e. The predicted molar refractivity (Wildman–Crippen MR) is 86.0 cm³/mol. The third-order valence-corrected chi connectivity index (χ3v) is 10.1. The monoisotopic (exact) mass is 312 g/mol. The van der Waals surface area contributed by atoms with E-state index in [0.29, 0.717) is 16.6 Å². The van der Waals surface area contributed by atoms with E-state index in [-0.39, 0.29) is 0 Å². The molecule has 0 bridgehead atoms. The highest BCUT2D eigenvalue weighted by Crippen LogP contribution is 2.40. The smallest absolute Gasteiger partial charge is 0.126 e. The lowest BCUT2D eigenvalue weighted by molar-refractivity contribution is 0.838. The molecule has 0 saturated heterocycles. The summed E-state index contributed by atoms with van der Waals surface area (Å²) in [6, 6.07) is 0. The van der Waals surface area contributed by atoms with Gasteiger partial charge in [-0.1, -0.05) is 75.5 Å². The maximum absolute atomic E-state index is 3.64. The molecule has 0 aromatic carbocycles. The second kappa shape index (κ2) is 7.95. The maximum atomic E-state index is 3.64. The fourth-order valence-electron chi connectivity index (χ4n) is 2.75. The molecule has 0 radical (unpaired) electrons. The number of hydrogen-bond donors (Lipinski definition) is 0. The Hall–Kier alpha value is -0.263. The molecule has 0 aliphatic heterocycles. The number of hydrogen-bond acceptors (Lipinski definition) is 0. The lowest BCUT2D eigenvalue weighted by Gasteiger charge is -2.37. The summed E-state index contributed by atoms with van der Waals surface area (Å²) < 4.78 is 0. The van der Waals surface area contributed by atoms with E-state index in [1.54, 1.807) is 0 Å². The molecule has 0 saturated carbocycles. The van der Waals surface area contributed by atoms with Crippen LogP contribution in [0.5, 0.6) is 0 Å². The average molecular weight is 313 g/mol. The van der Waals surface area contributed by atoms with Crippen molar-refractivity contribution in [2.24, 2.45) is 0 Å². The van der Waals surface area contributed by atoms with Crippen LogP contribution in [0.3, 0.4) is 0 Å². The first kappa shape index (κ1) is 16.7. The lowest BCUT2D eigenvalue weighted by Crippen LogP contribution is -2.43.